The zero-order valence-electron chi connectivity index (χ0n) is 16.0. The van der Waals surface area contributed by atoms with E-state index in [4.69, 9.17) is 16.3 Å². The molecule has 0 saturated carbocycles. The van der Waals surface area contributed by atoms with E-state index in [-0.39, 0.29) is 11.6 Å². The molecule has 0 aliphatic rings. The molecule has 152 valence electrons. The van der Waals surface area contributed by atoms with Gasteiger partial charge in [0, 0.05) is 11.3 Å². The Morgan fingerprint density at radius 1 is 0.900 bits per heavy atom. The molecule has 0 N–H and O–H groups in total. The lowest BCUT2D eigenvalue weighted by Crippen LogP contribution is -2.06. The van der Waals surface area contributed by atoms with E-state index in [2.05, 4.69) is 22.3 Å². The van der Waals surface area contributed by atoms with Crippen LogP contribution in [-0.4, -0.2) is 27.1 Å². The Hall–Kier alpha value is -2.83. The topological polar surface area (TPSA) is 39.9 Å². The molecule has 1 heterocycles. The van der Waals surface area contributed by atoms with Crippen LogP contribution >= 0.6 is 23.4 Å². The molecule has 0 amide bonds. The van der Waals surface area contributed by atoms with Crippen LogP contribution in [0.15, 0.2) is 84.0 Å². The lowest BCUT2D eigenvalue weighted by Gasteiger charge is -2.12. The van der Waals surface area contributed by atoms with Gasteiger partial charge in [-0.3, -0.25) is 4.57 Å². The molecule has 0 aliphatic heterocycles. The third kappa shape index (κ3) is 4.83. The number of aromatic nitrogens is 3. The quantitative estimate of drug-likeness (QED) is 0.251. The first-order valence-electron chi connectivity index (χ1n) is 9.44. The van der Waals surface area contributed by atoms with Gasteiger partial charge < -0.3 is 4.74 Å². The SMILES string of the molecule is Fc1ccccc1OCCSc1nnc(-c2ccccc2Cl)n1Cc1ccccc1. The fourth-order valence-electron chi connectivity index (χ4n) is 2.99. The number of para-hydroxylation sites is 1. The summed E-state index contributed by atoms with van der Waals surface area (Å²) >= 11 is 7.92. The van der Waals surface area contributed by atoms with Crippen molar-refractivity contribution in [3.05, 3.63) is 95.3 Å². The van der Waals surface area contributed by atoms with Gasteiger partial charge in [-0.2, -0.15) is 0 Å². The molecule has 4 rings (SSSR count). The average Bonchev–Trinajstić information content (AvgIpc) is 3.15. The molecule has 1 aromatic heterocycles. The summed E-state index contributed by atoms with van der Waals surface area (Å²) in [6.45, 7) is 0.968. The van der Waals surface area contributed by atoms with E-state index in [1.165, 1.54) is 17.8 Å². The Bertz CT molecular complexity index is 1120. The van der Waals surface area contributed by atoms with Crippen molar-refractivity contribution in [1.82, 2.24) is 14.8 Å². The van der Waals surface area contributed by atoms with Gasteiger partial charge in [-0.15, -0.1) is 10.2 Å². The average molecular weight is 440 g/mol. The van der Waals surface area contributed by atoms with Gasteiger partial charge in [-0.25, -0.2) is 4.39 Å². The van der Waals surface area contributed by atoms with Gasteiger partial charge in [-0.1, -0.05) is 78.0 Å². The molecular formula is C23H19ClFN3OS. The molecule has 3 aromatic carbocycles. The van der Waals surface area contributed by atoms with E-state index in [0.717, 1.165) is 16.3 Å². The fraction of sp³-hybridized carbons (Fsp3) is 0.130. The zero-order valence-corrected chi connectivity index (χ0v) is 17.6. The molecule has 4 aromatic rings. The number of rotatable bonds is 8. The number of nitrogens with zero attached hydrogens (tertiary/aromatic N) is 3. The molecule has 0 saturated heterocycles. The lowest BCUT2D eigenvalue weighted by atomic mass is 10.2. The highest BCUT2D eigenvalue weighted by Gasteiger charge is 2.17. The second-order valence-electron chi connectivity index (χ2n) is 6.49. The maximum Gasteiger partial charge on any atom is 0.191 e. The Morgan fingerprint density at radius 2 is 1.63 bits per heavy atom. The number of ether oxygens (including phenoxy) is 1. The van der Waals surface area contributed by atoms with Crippen LogP contribution in [0.1, 0.15) is 5.56 Å². The van der Waals surface area contributed by atoms with E-state index in [0.29, 0.717) is 29.8 Å². The smallest absolute Gasteiger partial charge is 0.191 e. The van der Waals surface area contributed by atoms with E-state index in [1.54, 1.807) is 18.2 Å². The summed E-state index contributed by atoms with van der Waals surface area (Å²) in [6, 6.07) is 24.1. The molecule has 0 radical (unpaired) electrons. The third-order valence-electron chi connectivity index (χ3n) is 4.42. The van der Waals surface area contributed by atoms with Crippen LogP contribution in [0.5, 0.6) is 5.75 Å². The minimum Gasteiger partial charge on any atom is -0.490 e. The van der Waals surface area contributed by atoms with E-state index in [1.807, 2.05) is 47.0 Å². The summed E-state index contributed by atoms with van der Waals surface area (Å²) in [5, 5.41) is 10.2. The van der Waals surface area contributed by atoms with Crippen LogP contribution in [0.3, 0.4) is 0 Å². The number of halogens is 2. The summed E-state index contributed by atoms with van der Waals surface area (Å²) in [6.07, 6.45) is 0. The van der Waals surface area contributed by atoms with Crippen molar-refractivity contribution in [2.75, 3.05) is 12.4 Å². The summed E-state index contributed by atoms with van der Waals surface area (Å²) in [7, 11) is 0. The Kier molecular flexibility index (Phi) is 6.67. The first-order chi connectivity index (χ1) is 14.7. The first kappa shape index (κ1) is 20.4. The molecule has 0 aliphatic carbocycles. The largest absolute Gasteiger partial charge is 0.490 e. The van der Waals surface area contributed by atoms with Crippen molar-refractivity contribution in [1.29, 1.82) is 0 Å². The van der Waals surface area contributed by atoms with Gasteiger partial charge in [0.25, 0.3) is 0 Å². The predicted octanol–water partition coefficient (Wildman–Crippen LogP) is 5.96. The highest BCUT2D eigenvalue weighted by atomic mass is 35.5. The molecule has 0 spiro atoms. The van der Waals surface area contributed by atoms with Gasteiger partial charge in [0.2, 0.25) is 0 Å². The molecule has 30 heavy (non-hydrogen) atoms. The van der Waals surface area contributed by atoms with E-state index >= 15 is 0 Å². The summed E-state index contributed by atoms with van der Waals surface area (Å²) in [5.74, 6) is 1.20. The Balaban J connectivity index is 1.53. The lowest BCUT2D eigenvalue weighted by molar-refractivity contribution is 0.325. The highest BCUT2D eigenvalue weighted by molar-refractivity contribution is 7.99. The molecule has 0 atom stereocenters. The van der Waals surface area contributed by atoms with Gasteiger partial charge in [-0.05, 0) is 29.8 Å². The molecule has 0 unspecified atom stereocenters. The van der Waals surface area contributed by atoms with Crippen LogP contribution in [-0.2, 0) is 6.54 Å². The minimum atomic E-state index is -0.365. The Labute approximate surface area is 183 Å². The van der Waals surface area contributed by atoms with Gasteiger partial charge in [0.1, 0.15) is 0 Å². The fourth-order valence-corrected chi connectivity index (χ4v) is 3.97. The monoisotopic (exact) mass is 439 g/mol. The second-order valence-corrected chi connectivity index (χ2v) is 7.95. The van der Waals surface area contributed by atoms with Gasteiger partial charge in [0.05, 0.1) is 18.2 Å². The molecule has 0 fully saturated rings. The number of hydrogen-bond donors (Lipinski definition) is 0. The standard InChI is InChI=1S/C23H19ClFN3OS/c24-19-11-5-4-10-18(19)22-26-27-23(28(22)16-17-8-2-1-3-9-17)30-15-14-29-21-13-7-6-12-20(21)25/h1-13H,14-16H2. The van der Waals surface area contributed by atoms with Crippen molar-refractivity contribution < 1.29 is 9.13 Å². The number of benzene rings is 3. The molecule has 0 bridgehead atoms. The van der Waals surface area contributed by atoms with Gasteiger partial charge >= 0.3 is 0 Å². The second kappa shape index (κ2) is 9.78. The van der Waals surface area contributed by atoms with Crippen LogP contribution in [0.25, 0.3) is 11.4 Å². The summed E-state index contributed by atoms with van der Waals surface area (Å²) in [5.41, 5.74) is 1.96. The number of thioether (sulfide) groups is 1. The van der Waals surface area contributed by atoms with E-state index in [9.17, 15) is 4.39 Å². The maximum absolute atomic E-state index is 13.7. The normalized spacial score (nSPS) is 10.9. The third-order valence-corrected chi connectivity index (χ3v) is 5.68. The van der Waals surface area contributed by atoms with Crippen LogP contribution in [0.2, 0.25) is 5.02 Å². The molecular weight excluding hydrogens is 421 g/mol. The number of hydrogen-bond acceptors (Lipinski definition) is 4. The van der Waals surface area contributed by atoms with Crippen molar-refractivity contribution >= 4 is 23.4 Å². The van der Waals surface area contributed by atoms with Crippen molar-refractivity contribution in [2.24, 2.45) is 0 Å². The first-order valence-corrected chi connectivity index (χ1v) is 10.8. The van der Waals surface area contributed by atoms with Crippen LogP contribution < -0.4 is 4.74 Å². The zero-order chi connectivity index (χ0) is 20.8. The van der Waals surface area contributed by atoms with Crippen molar-refractivity contribution in [3.63, 3.8) is 0 Å². The predicted molar refractivity (Wildman–Crippen MR) is 119 cm³/mol. The van der Waals surface area contributed by atoms with Gasteiger partial charge in [0.15, 0.2) is 22.5 Å². The highest BCUT2D eigenvalue weighted by Crippen LogP contribution is 2.30. The summed E-state index contributed by atoms with van der Waals surface area (Å²) < 4.78 is 21.3. The van der Waals surface area contributed by atoms with Crippen LogP contribution in [0.4, 0.5) is 4.39 Å². The van der Waals surface area contributed by atoms with E-state index < -0.39 is 0 Å². The molecule has 7 heteroatoms. The van der Waals surface area contributed by atoms with Crippen molar-refractivity contribution in [2.45, 2.75) is 11.7 Å². The molecule has 4 nitrogen and oxygen atoms in total. The van der Waals surface area contributed by atoms with Crippen LogP contribution in [0, 0.1) is 5.82 Å². The Morgan fingerprint density at radius 3 is 2.43 bits per heavy atom. The minimum absolute atomic E-state index is 0.251. The van der Waals surface area contributed by atoms with Crippen molar-refractivity contribution in [3.8, 4) is 17.1 Å². The maximum atomic E-state index is 13.7. The summed E-state index contributed by atoms with van der Waals surface area (Å²) in [4.78, 5) is 0.